The Morgan fingerprint density at radius 1 is 1.10 bits per heavy atom. The Labute approximate surface area is 175 Å². The van der Waals surface area contributed by atoms with Crippen LogP contribution < -0.4 is 4.74 Å². The zero-order valence-electron chi connectivity index (χ0n) is 17.1. The van der Waals surface area contributed by atoms with Gasteiger partial charge in [0.25, 0.3) is 0 Å². The maximum Gasteiger partial charge on any atom is 0.338 e. The molecule has 1 fully saturated rings. The van der Waals surface area contributed by atoms with Crippen LogP contribution in [0.4, 0.5) is 0 Å². The van der Waals surface area contributed by atoms with Crippen LogP contribution in [-0.2, 0) is 19.0 Å². The Bertz CT molecular complexity index is 968. The first-order chi connectivity index (χ1) is 14.4. The third-order valence-electron chi connectivity index (χ3n) is 5.68. The van der Waals surface area contributed by atoms with Crippen LogP contribution in [-0.4, -0.2) is 37.4 Å². The van der Waals surface area contributed by atoms with Gasteiger partial charge in [0.15, 0.2) is 0 Å². The summed E-state index contributed by atoms with van der Waals surface area (Å²) < 4.78 is 22.4. The highest BCUT2D eigenvalue weighted by Crippen LogP contribution is 2.42. The van der Waals surface area contributed by atoms with Crippen molar-refractivity contribution in [2.45, 2.75) is 38.1 Å². The van der Waals surface area contributed by atoms with Crippen molar-refractivity contribution in [1.82, 2.24) is 0 Å². The molecular formula is C24H24O6. The number of hydrogen-bond acceptors (Lipinski definition) is 6. The van der Waals surface area contributed by atoms with E-state index in [1.165, 1.54) is 0 Å². The summed E-state index contributed by atoms with van der Waals surface area (Å²) in [4.78, 5) is 25.1. The highest BCUT2D eigenvalue weighted by atomic mass is 16.6. The van der Waals surface area contributed by atoms with Crippen molar-refractivity contribution in [3.8, 4) is 5.75 Å². The minimum Gasteiger partial charge on any atom is -0.497 e. The zero-order chi connectivity index (χ0) is 21.4. The largest absolute Gasteiger partial charge is 0.497 e. The van der Waals surface area contributed by atoms with Gasteiger partial charge in [0.1, 0.15) is 29.8 Å². The normalized spacial score (nSPS) is 29.7. The van der Waals surface area contributed by atoms with Crippen LogP contribution in [0.3, 0.4) is 0 Å². The minimum absolute atomic E-state index is 0.314. The quantitative estimate of drug-likeness (QED) is 0.558. The second-order valence-corrected chi connectivity index (χ2v) is 7.79. The number of benzene rings is 1. The first-order valence-electron chi connectivity index (χ1n) is 9.84. The highest BCUT2D eigenvalue weighted by Gasteiger charge is 2.44. The van der Waals surface area contributed by atoms with Gasteiger partial charge < -0.3 is 18.9 Å². The predicted octanol–water partition coefficient (Wildman–Crippen LogP) is 3.90. The van der Waals surface area contributed by atoms with Crippen LogP contribution in [0.1, 0.15) is 30.1 Å². The van der Waals surface area contributed by atoms with Gasteiger partial charge >= 0.3 is 11.9 Å². The molecule has 4 atom stereocenters. The van der Waals surface area contributed by atoms with Crippen molar-refractivity contribution in [1.29, 1.82) is 0 Å². The molecule has 3 aliphatic rings. The Morgan fingerprint density at radius 2 is 1.83 bits per heavy atom. The molecule has 156 valence electrons. The van der Waals surface area contributed by atoms with Crippen molar-refractivity contribution < 1.29 is 28.5 Å². The zero-order valence-corrected chi connectivity index (χ0v) is 17.1. The lowest BCUT2D eigenvalue weighted by Crippen LogP contribution is -2.33. The van der Waals surface area contributed by atoms with E-state index in [2.05, 4.69) is 13.2 Å². The Kier molecular flexibility index (Phi) is 5.24. The van der Waals surface area contributed by atoms with E-state index in [9.17, 15) is 9.59 Å². The number of methoxy groups -OCH3 is 1. The van der Waals surface area contributed by atoms with Crippen molar-refractivity contribution >= 4 is 11.9 Å². The lowest BCUT2D eigenvalue weighted by Gasteiger charge is -2.26. The van der Waals surface area contributed by atoms with Crippen LogP contribution >= 0.6 is 0 Å². The standard InChI is InChI=1S/C24H24O6/c1-13-9-19-11-17(24(26)29-19)12-21-22(14(2)15(3)28-21)20(10-13)30-23(25)16-5-7-18(27-4)8-6-16/h5-8,10-11,19-22H,2-3,9,12H2,1,4H3/b13-10+/t19-,20-,21?,22+/m1/s1. The van der Waals surface area contributed by atoms with Crippen LogP contribution in [0.25, 0.3) is 0 Å². The average Bonchev–Trinajstić information content (AvgIpc) is 3.19. The maximum absolute atomic E-state index is 12.9. The Balaban J connectivity index is 1.65. The topological polar surface area (TPSA) is 71.1 Å². The number of rotatable bonds is 3. The van der Waals surface area contributed by atoms with E-state index in [1.54, 1.807) is 31.4 Å². The fourth-order valence-electron chi connectivity index (χ4n) is 4.12. The Morgan fingerprint density at radius 3 is 2.53 bits per heavy atom. The van der Waals surface area contributed by atoms with Crippen LogP contribution in [0.5, 0.6) is 5.75 Å². The lowest BCUT2D eigenvalue weighted by molar-refractivity contribution is -0.139. The molecule has 4 rings (SSSR count). The summed E-state index contributed by atoms with van der Waals surface area (Å²) in [5.41, 5.74) is 2.61. The van der Waals surface area contributed by atoms with Gasteiger partial charge in [-0.2, -0.15) is 0 Å². The monoisotopic (exact) mass is 408 g/mol. The van der Waals surface area contributed by atoms with Gasteiger partial charge in [0.2, 0.25) is 0 Å². The summed E-state index contributed by atoms with van der Waals surface area (Å²) in [7, 11) is 1.57. The second-order valence-electron chi connectivity index (χ2n) is 7.79. The molecule has 2 aliphatic heterocycles. The molecule has 6 heteroatoms. The van der Waals surface area contributed by atoms with Gasteiger partial charge in [-0.25, -0.2) is 9.59 Å². The summed E-state index contributed by atoms with van der Waals surface area (Å²) in [6.45, 7) is 9.96. The fraction of sp³-hybridized carbons (Fsp3) is 0.333. The van der Waals surface area contributed by atoms with Gasteiger partial charge in [-0.1, -0.05) is 18.7 Å². The number of ether oxygens (including phenoxy) is 4. The molecule has 0 radical (unpaired) electrons. The first-order valence-corrected chi connectivity index (χ1v) is 9.84. The molecule has 0 spiro atoms. The summed E-state index contributed by atoms with van der Waals surface area (Å²) in [5, 5.41) is 0. The van der Waals surface area contributed by atoms with Crippen LogP contribution in [0.2, 0.25) is 0 Å². The number of hydrogen-bond donors (Lipinski definition) is 0. The van der Waals surface area contributed by atoms with E-state index in [4.69, 9.17) is 18.9 Å². The van der Waals surface area contributed by atoms with E-state index < -0.39 is 18.2 Å². The Hall–Kier alpha value is -3.28. The summed E-state index contributed by atoms with van der Waals surface area (Å²) >= 11 is 0. The summed E-state index contributed by atoms with van der Waals surface area (Å²) in [6.07, 6.45) is 3.30. The van der Waals surface area contributed by atoms with Gasteiger partial charge in [0.05, 0.1) is 18.6 Å². The van der Waals surface area contributed by atoms with Gasteiger partial charge in [-0.15, -0.1) is 0 Å². The first kappa shape index (κ1) is 20.0. The molecule has 0 N–H and O–H groups in total. The van der Waals surface area contributed by atoms with Gasteiger partial charge in [-0.05, 0) is 48.9 Å². The van der Waals surface area contributed by atoms with Gasteiger partial charge in [-0.3, -0.25) is 0 Å². The van der Waals surface area contributed by atoms with Crippen LogP contribution in [0, 0.1) is 5.92 Å². The number of esters is 2. The third kappa shape index (κ3) is 3.77. The molecule has 30 heavy (non-hydrogen) atoms. The molecule has 0 amide bonds. The molecule has 2 heterocycles. The maximum atomic E-state index is 12.9. The van der Waals surface area contributed by atoms with E-state index >= 15 is 0 Å². The van der Waals surface area contributed by atoms with Crippen molar-refractivity contribution in [3.05, 3.63) is 77.6 Å². The molecule has 1 saturated heterocycles. The number of allylic oxidation sites excluding steroid dienone is 1. The van der Waals surface area contributed by atoms with E-state index in [-0.39, 0.29) is 18.0 Å². The van der Waals surface area contributed by atoms with Crippen molar-refractivity contribution in [2.24, 2.45) is 5.92 Å². The summed E-state index contributed by atoms with van der Waals surface area (Å²) in [6, 6.07) is 6.73. The molecule has 1 aliphatic carbocycles. The second kappa shape index (κ2) is 7.86. The third-order valence-corrected chi connectivity index (χ3v) is 5.68. The SMILES string of the molecule is C=C1OC2CC3=C[C@@H](C/C(C)=C/[C@@H](OC(=O)c4ccc(OC)cc4)[C@@H]2C1=C)OC3=O. The fourth-order valence-corrected chi connectivity index (χ4v) is 4.12. The molecule has 0 saturated carbocycles. The number of carbonyl (C=O) groups excluding carboxylic acids is 2. The molecule has 2 bridgehead atoms. The molecule has 1 unspecified atom stereocenters. The molecule has 0 aromatic heterocycles. The highest BCUT2D eigenvalue weighted by molar-refractivity contribution is 5.91. The lowest BCUT2D eigenvalue weighted by atomic mass is 9.85. The van der Waals surface area contributed by atoms with E-state index in [0.29, 0.717) is 41.1 Å². The number of fused-ring (bicyclic) bond motifs is 2. The van der Waals surface area contributed by atoms with Crippen molar-refractivity contribution in [2.75, 3.05) is 7.11 Å². The smallest absolute Gasteiger partial charge is 0.338 e. The average molecular weight is 408 g/mol. The molecular weight excluding hydrogens is 384 g/mol. The van der Waals surface area contributed by atoms with E-state index in [1.807, 2.05) is 19.1 Å². The van der Waals surface area contributed by atoms with Gasteiger partial charge in [0, 0.05) is 18.4 Å². The molecule has 1 aromatic carbocycles. The van der Waals surface area contributed by atoms with Crippen molar-refractivity contribution in [3.63, 3.8) is 0 Å². The molecule has 1 aromatic rings. The van der Waals surface area contributed by atoms with E-state index in [0.717, 1.165) is 5.57 Å². The minimum atomic E-state index is -0.607. The summed E-state index contributed by atoms with van der Waals surface area (Å²) in [5.74, 6) is -0.0255. The molecule has 6 nitrogen and oxygen atoms in total. The predicted molar refractivity (Wildman–Crippen MR) is 110 cm³/mol. The number of carbonyl (C=O) groups is 2. The van der Waals surface area contributed by atoms with Crippen LogP contribution in [0.15, 0.2) is 72.1 Å².